The highest BCUT2D eigenvalue weighted by atomic mass is 16.7. The minimum atomic E-state index is -1.58. The number of carbonyl (C=O) groups is 1. The SMILES string of the molecule is CC/C=C\C/C=C\C/C=C\C/C=C\C/C=C\C/C=C\C/C=C\C/C=C\C/C=C\C/C=C\CCCCCCCCC(=O)NC(COC1OC(CO)C(O)C(O)C1O)C(O)/C=C/CCCCCCCCCCCCCCCCCCCCCCCCCCC. The number of hydrogen-bond acceptors (Lipinski definition) is 8. The number of unbranched alkanes of at least 4 members (excludes halogenated alkanes) is 31. The average Bonchev–Trinajstić information content (AvgIpc) is 3.37. The molecule has 9 nitrogen and oxygen atoms in total. The molecule has 0 spiro atoms. The van der Waals surface area contributed by atoms with Crippen molar-refractivity contribution >= 4 is 5.91 Å². The monoisotopic (exact) mass is 1210 g/mol. The molecule has 7 atom stereocenters. The van der Waals surface area contributed by atoms with Crippen LogP contribution < -0.4 is 5.32 Å². The Bertz CT molecular complexity index is 1840. The van der Waals surface area contributed by atoms with E-state index < -0.39 is 49.5 Å². The number of hydrogen-bond donors (Lipinski definition) is 6. The highest BCUT2D eigenvalue weighted by Crippen LogP contribution is 2.23. The summed E-state index contributed by atoms with van der Waals surface area (Å²) in [4.78, 5) is 13.1. The second kappa shape index (κ2) is 65.3. The summed E-state index contributed by atoms with van der Waals surface area (Å²) in [6.07, 6.45) is 92.6. The highest BCUT2D eigenvalue weighted by molar-refractivity contribution is 5.76. The molecule has 9 heteroatoms. The smallest absolute Gasteiger partial charge is 0.220 e. The van der Waals surface area contributed by atoms with Gasteiger partial charge in [-0.3, -0.25) is 4.79 Å². The fraction of sp³-hybridized carbons (Fsp3) is 0.705. The van der Waals surface area contributed by atoms with Gasteiger partial charge in [0.25, 0.3) is 0 Å². The third-order valence-corrected chi connectivity index (χ3v) is 16.2. The molecule has 0 radical (unpaired) electrons. The lowest BCUT2D eigenvalue weighted by Gasteiger charge is -2.40. The van der Waals surface area contributed by atoms with E-state index in [1.165, 1.54) is 148 Å². The van der Waals surface area contributed by atoms with E-state index in [0.29, 0.717) is 6.42 Å². The van der Waals surface area contributed by atoms with Crippen LogP contribution in [0.25, 0.3) is 0 Å². The Hall–Kier alpha value is -3.67. The van der Waals surface area contributed by atoms with Crippen LogP contribution in [0.2, 0.25) is 0 Å². The summed E-state index contributed by atoms with van der Waals surface area (Å²) in [7, 11) is 0. The van der Waals surface area contributed by atoms with Crippen molar-refractivity contribution in [3.8, 4) is 0 Å². The number of rotatable bonds is 61. The average molecular weight is 1210 g/mol. The van der Waals surface area contributed by atoms with E-state index in [-0.39, 0.29) is 12.5 Å². The molecular weight excluding hydrogens is 1080 g/mol. The Morgan fingerprint density at radius 2 is 0.713 bits per heavy atom. The molecule has 87 heavy (non-hydrogen) atoms. The molecule has 1 aliphatic rings. The molecule has 0 aliphatic carbocycles. The summed E-state index contributed by atoms with van der Waals surface area (Å²) in [6, 6.07) is -0.825. The summed E-state index contributed by atoms with van der Waals surface area (Å²) >= 11 is 0. The lowest BCUT2D eigenvalue weighted by Crippen LogP contribution is -2.60. The van der Waals surface area contributed by atoms with Gasteiger partial charge in [-0.2, -0.15) is 0 Å². The van der Waals surface area contributed by atoms with Gasteiger partial charge < -0.3 is 40.3 Å². The largest absolute Gasteiger partial charge is 0.394 e. The minimum Gasteiger partial charge on any atom is -0.394 e. The lowest BCUT2D eigenvalue weighted by molar-refractivity contribution is -0.302. The zero-order chi connectivity index (χ0) is 62.8. The maximum Gasteiger partial charge on any atom is 0.220 e. The number of allylic oxidation sites excluding steroid dienone is 21. The maximum absolute atomic E-state index is 13.1. The normalized spacial score (nSPS) is 18.8. The van der Waals surface area contributed by atoms with Crippen molar-refractivity contribution in [1.82, 2.24) is 5.32 Å². The van der Waals surface area contributed by atoms with Crippen molar-refractivity contribution in [1.29, 1.82) is 0 Å². The third kappa shape index (κ3) is 53.8. The molecule has 6 N–H and O–H groups in total. The molecule has 1 heterocycles. The molecule has 1 rings (SSSR count). The van der Waals surface area contributed by atoms with E-state index in [2.05, 4.69) is 141 Å². The summed E-state index contributed by atoms with van der Waals surface area (Å²) < 4.78 is 11.3. The number of carbonyl (C=O) groups excluding carboxylic acids is 1. The fourth-order valence-corrected chi connectivity index (χ4v) is 10.7. The molecule has 7 unspecified atom stereocenters. The summed E-state index contributed by atoms with van der Waals surface area (Å²) in [6.45, 7) is 3.68. The van der Waals surface area contributed by atoms with Crippen LogP contribution in [0.1, 0.15) is 296 Å². The van der Waals surface area contributed by atoms with Crippen molar-refractivity contribution in [2.75, 3.05) is 13.2 Å². The number of amides is 1. The first-order valence-electron chi connectivity index (χ1n) is 35.9. The number of nitrogens with one attached hydrogen (secondary N) is 1. The van der Waals surface area contributed by atoms with Gasteiger partial charge in [0.1, 0.15) is 24.4 Å². The first kappa shape index (κ1) is 81.3. The number of aliphatic hydroxyl groups excluding tert-OH is 5. The Morgan fingerprint density at radius 3 is 1.06 bits per heavy atom. The molecule has 0 aromatic heterocycles. The Balaban J connectivity index is 2.18. The number of ether oxygens (including phenoxy) is 2. The maximum atomic E-state index is 13.1. The minimum absolute atomic E-state index is 0.194. The zero-order valence-corrected chi connectivity index (χ0v) is 55.7. The van der Waals surface area contributed by atoms with Crippen molar-refractivity contribution in [2.24, 2.45) is 0 Å². The van der Waals surface area contributed by atoms with Gasteiger partial charge >= 0.3 is 0 Å². The van der Waals surface area contributed by atoms with Crippen LogP contribution in [0.15, 0.2) is 134 Å². The second-order valence-electron chi connectivity index (χ2n) is 24.3. The van der Waals surface area contributed by atoms with Gasteiger partial charge in [0.15, 0.2) is 6.29 Å². The van der Waals surface area contributed by atoms with Crippen LogP contribution in [0.4, 0.5) is 0 Å². The van der Waals surface area contributed by atoms with Crippen molar-refractivity contribution in [3.63, 3.8) is 0 Å². The van der Waals surface area contributed by atoms with Crippen LogP contribution in [0.5, 0.6) is 0 Å². The standard InChI is InChI=1S/C78H133NO8/c1-3-5-7-9-11-13-15-17-19-21-23-25-27-29-31-32-33-34-35-36-37-38-39-40-42-44-46-48-50-52-54-56-58-60-62-64-66-68-74(82)79-71(70-86-78-77(85)76(84)75(83)73(69-80)87-78)72(81)67-65-63-61-59-57-55-53-51-49-47-45-43-41-30-28-26-24-22-20-18-16-14-12-10-8-6-4-2/h5,7,11,13,17,19,23,25,29,31,33-34,36-37,39-40,44,46,50,52,65,67,71-73,75-78,80-81,83-85H,3-4,6,8-10,12,14-16,18,20-22,24,26-28,30,32,35,38,41-43,45,47-49,51,53-64,66,68-70H2,1-2H3,(H,79,82)/b7-5-,13-11-,19-17-,25-23-,31-29-,34-33-,37-36-,40-39-,46-44-,52-50-,67-65+. The van der Waals surface area contributed by atoms with Gasteiger partial charge in [-0.15, -0.1) is 0 Å². The fourth-order valence-electron chi connectivity index (χ4n) is 10.7. The topological polar surface area (TPSA) is 149 Å². The van der Waals surface area contributed by atoms with Gasteiger partial charge in [-0.05, 0) is 96.3 Å². The third-order valence-electron chi connectivity index (χ3n) is 16.2. The van der Waals surface area contributed by atoms with E-state index >= 15 is 0 Å². The van der Waals surface area contributed by atoms with Crippen LogP contribution in [0.3, 0.4) is 0 Å². The molecule has 0 bridgehead atoms. The van der Waals surface area contributed by atoms with Gasteiger partial charge in [-0.1, -0.05) is 327 Å². The summed E-state index contributed by atoms with van der Waals surface area (Å²) in [5, 5.41) is 54.8. The van der Waals surface area contributed by atoms with Crippen molar-refractivity contribution in [2.45, 2.75) is 339 Å². The summed E-state index contributed by atoms with van der Waals surface area (Å²) in [5.41, 5.74) is 0. The van der Waals surface area contributed by atoms with Crippen LogP contribution >= 0.6 is 0 Å². The predicted molar refractivity (Wildman–Crippen MR) is 373 cm³/mol. The molecule has 0 saturated carbocycles. The molecule has 1 aliphatic heterocycles. The highest BCUT2D eigenvalue weighted by Gasteiger charge is 2.44. The van der Waals surface area contributed by atoms with Gasteiger partial charge in [0.05, 0.1) is 25.4 Å². The van der Waals surface area contributed by atoms with E-state index in [9.17, 15) is 30.3 Å². The van der Waals surface area contributed by atoms with Crippen molar-refractivity contribution < 1.29 is 39.8 Å². The molecule has 0 aromatic rings. The van der Waals surface area contributed by atoms with Crippen molar-refractivity contribution in [3.05, 3.63) is 134 Å². The molecule has 0 aromatic carbocycles. The van der Waals surface area contributed by atoms with Crippen LogP contribution in [-0.4, -0.2) is 87.5 Å². The first-order valence-corrected chi connectivity index (χ1v) is 35.9. The summed E-state index contributed by atoms with van der Waals surface area (Å²) in [5.74, 6) is -0.194. The first-order chi connectivity index (χ1) is 42.8. The molecule has 498 valence electrons. The number of aliphatic hydroxyl groups is 5. The van der Waals surface area contributed by atoms with E-state index in [4.69, 9.17) is 9.47 Å². The van der Waals surface area contributed by atoms with Gasteiger partial charge in [-0.25, -0.2) is 0 Å². The Labute approximate surface area is 534 Å². The van der Waals surface area contributed by atoms with Gasteiger partial charge in [0.2, 0.25) is 5.91 Å². The van der Waals surface area contributed by atoms with E-state index in [1.807, 2.05) is 6.08 Å². The molecule has 1 saturated heterocycles. The molecule has 1 amide bonds. The van der Waals surface area contributed by atoms with E-state index in [1.54, 1.807) is 6.08 Å². The molecular formula is C78H133NO8. The van der Waals surface area contributed by atoms with Crippen LogP contribution in [0, 0.1) is 0 Å². The Morgan fingerprint density at radius 1 is 0.402 bits per heavy atom. The van der Waals surface area contributed by atoms with E-state index in [0.717, 1.165) is 128 Å². The van der Waals surface area contributed by atoms with Gasteiger partial charge in [0, 0.05) is 6.42 Å². The predicted octanol–water partition coefficient (Wildman–Crippen LogP) is 20.0. The Kier molecular flexibility index (Phi) is 61.0. The lowest BCUT2D eigenvalue weighted by atomic mass is 9.99. The zero-order valence-electron chi connectivity index (χ0n) is 55.7. The quantitative estimate of drug-likeness (QED) is 0.0261. The molecule has 1 fully saturated rings. The second-order valence-corrected chi connectivity index (χ2v) is 24.3. The van der Waals surface area contributed by atoms with Crippen LogP contribution in [-0.2, 0) is 14.3 Å².